The number of Topliss-reactive ketones (excluding diaryl/α,β-unsaturated/α-hetero) is 1. The number of carbonyl (C=O) groups excluding carboxylic acids is 1. The van der Waals surface area contributed by atoms with Crippen LogP contribution in [0.3, 0.4) is 0 Å². The van der Waals surface area contributed by atoms with E-state index in [0.29, 0.717) is 17.8 Å². The van der Waals surface area contributed by atoms with Crippen molar-refractivity contribution in [3.63, 3.8) is 0 Å². The number of hydrogen-bond acceptors (Lipinski definition) is 2. The first-order valence-corrected chi connectivity index (χ1v) is 12.4. The van der Waals surface area contributed by atoms with Crippen LogP contribution in [-0.4, -0.2) is 20.2 Å². The highest BCUT2D eigenvalue weighted by Crippen LogP contribution is 2.58. The van der Waals surface area contributed by atoms with E-state index in [4.69, 9.17) is 4.43 Å². The first-order chi connectivity index (χ1) is 10.2. The molecule has 23 heavy (non-hydrogen) atoms. The van der Waals surface area contributed by atoms with Gasteiger partial charge in [-0.2, -0.15) is 0 Å². The van der Waals surface area contributed by atoms with Crippen LogP contribution in [-0.2, 0) is 9.22 Å². The molecule has 0 aliphatic heterocycles. The van der Waals surface area contributed by atoms with Crippen LogP contribution in [0.4, 0.5) is 0 Å². The largest absolute Gasteiger partial charge is 0.413 e. The summed E-state index contributed by atoms with van der Waals surface area (Å²) in [7, 11) is -1.78. The van der Waals surface area contributed by atoms with Gasteiger partial charge < -0.3 is 4.43 Å². The van der Waals surface area contributed by atoms with Crippen molar-refractivity contribution in [3.05, 3.63) is 0 Å². The van der Waals surface area contributed by atoms with Crippen molar-refractivity contribution < 1.29 is 9.22 Å². The van der Waals surface area contributed by atoms with Gasteiger partial charge in [0.1, 0.15) is 5.78 Å². The highest BCUT2D eigenvalue weighted by molar-refractivity contribution is 6.74. The third-order valence-electron chi connectivity index (χ3n) is 7.56. The summed E-state index contributed by atoms with van der Waals surface area (Å²) in [5.74, 6) is 1.21. The van der Waals surface area contributed by atoms with E-state index in [1.165, 1.54) is 6.42 Å². The molecule has 2 fully saturated rings. The molecule has 0 N–H and O–H groups in total. The average molecular weight is 339 g/mol. The Labute approximate surface area is 144 Å². The molecule has 0 unspecified atom stereocenters. The highest BCUT2D eigenvalue weighted by Gasteiger charge is 2.58. The predicted molar refractivity (Wildman–Crippen MR) is 100 cm³/mol. The third kappa shape index (κ3) is 3.08. The van der Waals surface area contributed by atoms with Crippen LogP contribution in [0.5, 0.6) is 0 Å². The van der Waals surface area contributed by atoms with Gasteiger partial charge in [0.05, 0.1) is 6.10 Å². The molecule has 3 heteroatoms. The zero-order chi connectivity index (χ0) is 17.8. The van der Waals surface area contributed by atoms with E-state index in [2.05, 4.69) is 61.6 Å². The Bertz CT molecular complexity index is 475. The van der Waals surface area contributed by atoms with Gasteiger partial charge in [0.2, 0.25) is 0 Å². The van der Waals surface area contributed by atoms with Gasteiger partial charge in [-0.05, 0) is 55.1 Å². The van der Waals surface area contributed by atoms with Crippen molar-refractivity contribution in [3.8, 4) is 0 Å². The smallest absolute Gasteiger partial charge is 0.192 e. The molecule has 134 valence electrons. The van der Waals surface area contributed by atoms with E-state index in [1.54, 1.807) is 0 Å². The van der Waals surface area contributed by atoms with Crippen molar-refractivity contribution >= 4 is 14.1 Å². The molecule has 2 aliphatic rings. The van der Waals surface area contributed by atoms with E-state index >= 15 is 0 Å². The van der Waals surface area contributed by atoms with Crippen LogP contribution in [0.2, 0.25) is 18.1 Å². The fourth-order valence-corrected chi connectivity index (χ4v) is 6.35. The molecule has 2 aliphatic carbocycles. The number of carbonyl (C=O) groups is 1. The average Bonchev–Trinajstić information content (AvgIpc) is 2.38. The van der Waals surface area contributed by atoms with Crippen molar-refractivity contribution in [1.82, 2.24) is 0 Å². The van der Waals surface area contributed by atoms with Crippen LogP contribution in [0.1, 0.15) is 74.1 Å². The van der Waals surface area contributed by atoms with Gasteiger partial charge >= 0.3 is 0 Å². The second-order valence-electron chi connectivity index (χ2n) is 10.5. The maximum atomic E-state index is 12.9. The lowest BCUT2D eigenvalue weighted by Crippen LogP contribution is -2.59. The minimum Gasteiger partial charge on any atom is -0.413 e. The second kappa shape index (κ2) is 5.69. The van der Waals surface area contributed by atoms with Crippen LogP contribution >= 0.6 is 0 Å². The molecular formula is C20H38O2Si. The molecule has 2 nitrogen and oxygen atoms in total. The molecular weight excluding hydrogens is 300 g/mol. The molecule has 0 bridgehead atoms. The van der Waals surface area contributed by atoms with E-state index in [0.717, 1.165) is 19.3 Å². The van der Waals surface area contributed by atoms with Gasteiger partial charge in [0.15, 0.2) is 8.32 Å². The Kier molecular flexibility index (Phi) is 4.74. The minimum atomic E-state index is -1.78. The Morgan fingerprint density at radius 2 is 1.65 bits per heavy atom. The van der Waals surface area contributed by atoms with Gasteiger partial charge in [-0.15, -0.1) is 0 Å². The SMILES string of the molecule is C[C@@H]1CC[C@H]2C(C)(C)[C@@H](O[Si](C)(C)C(C)(C)C)CC[C@]2(C)C1=O. The summed E-state index contributed by atoms with van der Waals surface area (Å²) in [6.07, 6.45) is 4.56. The fourth-order valence-electron chi connectivity index (χ4n) is 4.86. The van der Waals surface area contributed by atoms with Gasteiger partial charge in [0, 0.05) is 11.3 Å². The minimum absolute atomic E-state index is 0.0817. The number of rotatable bonds is 2. The monoisotopic (exact) mass is 338 g/mol. The molecule has 0 saturated heterocycles. The fraction of sp³-hybridized carbons (Fsp3) is 0.950. The standard InChI is InChI=1S/C20H38O2Si/c1-14-10-11-15-19(5,6)16(12-13-20(15,7)17(14)21)22-23(8,9)18(2,3)4/h14-16H,10-13H2,1-9H3/t14-,15+,16+,20+/m1/s1. The van der Waals surface area contributed by atoms with E-state index in [-0.39, 0.29) is 21.8 Å². The Morgan fingerprint density at radius 1 is 1.09 bits per heavy atom. The van der Waals surface area contributed by atoms with E-state index < -0.39 is 8.32 Å². The molecule has 0 aromatic carbocycles. The van der Waals surface area contributed by atoms with E-state index in [9.17, 15) is 4.79 Å². The van der Waals surface area contributed by atoms with Crippen molar-refractivity contribution in [2.45, 2.75) is 98.4 Å². The maximum Gasteiger partial charge on any atom is 0.192 e. The number of fused-ring (bicyclic) bond motifs is 1. The van der Waals surface area contributed by atoms with Gasteiger partial charge in [0.25, 0.3) is 0 Å². The summed E-state index contributed by atoms with van der Waals surface area (Å²) in [6, 6.07) is 0. The van der Waals surface area contributed by atoms with Gasteiger partial charge in [-0.3, -0.25) is 4.79 Å². The zero-order valence-corrected chi connectivity index (χ0v) is 17.9. The summed E-state index contributed by atoms with van der Waals surface area (Å²) in [5, 5.41) is 0.237. The quantitative estimate of drug-likeness (QED) is 0.593. The lowest BCUT2D eigenvalue weighted by Gasteiger charge is -2.58. The van der Waals surface area contributed by atoms with E-state index in [1.807, 2.05) is 0 Å². The third-order valence-corrected chi connectivity index (χ3v) is 12.1. The molecule has 2 rings (SSSR count). The Morgan fingerprint density at radius 3 is 2.17 bits per heavy atom. The van der Waals surface area contributed by atoms with Crippen LogP contribution in [0.25, 0.3) is 0 Å². The van der Waals surface area contributed by atoms with Crippen molar-refractivity contribution in [2.24, 2.45) is 22.7 Å². The molecule has 0 radical (unpaired) electrons. The summed E-state index contributed by atoms with van der Waals surface area (Å²) < 4.78 is 6.84. The molecule has 2 saturated carbocycles. The lowest BCUT2D eigenvalue weighted by atomic mass is 9.49. The Hall–Kier alpha value is -0.153. The topological polar surface area (TPSA) is 26.3 Å². The summed E-state index contributed by atoms with van der Waals surface area (Å²) in [5.41, 5.74) is -0.0488. The van der Waals surface area contributed by atoms with Gasteiger partial charge in [-0.1, -0.05) is 48.5 Å². The van der Waals surface area contributed by atoms with Crippen LogP contribution in [0.15, 0.2) is 0 Å². The lowest BCUT2D eigenvalue weighted by molar-refractivity contribution is -0.158. The molecule has 0 aromatic heterocycles. The normalized spacial score (nSPS) is 38.3. The van der Waals surface area contributed by atoms with Gasteiger partial charge in [-0.25, -0.2) is 0 Å². The predicted octanol–water partition coefficient (Wildman–Crippen LogP) is 5.82. The second-order valence-corrected chi connectivity index (χ2v) is 15.3. The summed E-state index contributed by atoms with van der Waals surface area (Å²) in [4.78, 5) is 12.9. The summed E-state index contributed by atoms with van der Waals surface area (Å²) in [6.45, 7) is 20.7. The summed E-state index contributed by atoms with van der Waals surface area (Å²) >= 11 is 0. The molecule has 4 atom stereocenters. The van der Waals surface area contributed by atoms with Crippen molar-refractivity contribution in [1.29, 1.82) is 0 Å². The van der Waals surface area contributed by atoms with Crippen molar-refractivity contribution in [2.75, 3.05) is 0 Å². The maximum absolute atomic E-state index is 12.9. The molecule has 0 heterocycles. The molecule has 0 spiro atoms. The molecule has 0 aromatic rings. The zero-order valence-electron chi connectivity index (χ0n) is 16.9. The van der Waals surface area contributed by atoms with Crippen LogP contribution < -0.4 is 0 Å². The van der Waals surface area contributed by atoms with Crippen LogP contribution in [0, 0.1) is 22.7 Å². The number of ketones is 1. The Balaban J connectivity index is 2.27. The first-order valence-electron chi connectivity index (χ1n) is 9.45. The molecule has 0 amide bonds. The highest BCUT2D eigenvalue weighted by atomic mass is 28.4. The number of hydrogen-bond donors (Lipinski definition) is 0. The first kappa shape index (κ1) is 19.2.